The van der Waals surface area contributed by atoms with Gasteiger partial charge in [-0.15, -0.1) is 0 Å². The van der Waals surface area contributed by atoms with Gasteiger partial charge in [-0.2, -0.15) is 5.26 Å². The Kier molecular flexibility index (Phi) is 4.62. The van der Waals surface area contributed by atoms with Crippen molar-refractivity contribution in [1.82, 2.24) is 0 Å². The molecule has 0 atom stereocenters. The average molecular weight is 287 g/mol. The molecule has 0 unspecified atom stereocenters. The highest BCUT2D eigenvalue weighted by molar-refractivity contribution is 6.31. The maximum atomic E-state index is 9.22. The minimum Gasteiger partial charge on any atom is -0.392 e. The van der Waals surface area contributed by atoms with Crippen LogP contribution in [-0.2, 0) is 13.2 Å². The smallest absolute Gasteiger partial charge is 0.101 e. The molecule has 0 aromatic heterocycles. The Morgan fingerprint density at radius 1 is 1.25 bits per heavy atom. The molecule has 0 amide bonds. The fourth-order valence-corrected chi connectivity index (χ4v) is 2.27. The summed E-state index contributed by atoms with van der Waals surface area (Å²) in [5, 5.41) is 19.1. The van der Waals surface area contributed by atoms with Crippen LogP contribution in [0.2, 0.25) is 5.02 Å². The minimum atomic E-state index is -0.0663. The summed E-state index contributed by atoms with van der Waals surface area (Å²) < 4.78 is 0. The molecule has 4 heteroatoms. The molecule has 0 heterocycles. The van der Waals surface area contributed by atoms with Gasteiger partial charge in [0.2, 0.25) is 0 Å². The molecule has 0 radical (unpaired) electrons. The van der Waals surface area contributed by atoms with Crippen molar-refractivity contribution in [3.8, 4) is 6.07 Å². The third kappa shape index (κ3) is 3.11. The number of aliphatic hydroxyl groups excluding tert-OH is 1. The number of halogens is 1. The summed E-state index contributed by atoms with van der Waals surface area (Å²) in [4.78, 5) is 1.97. The van der Waals surface area contributed by atoms with Crippen LogP contribution in [-0.4, -0.2) is 12.2 Å². The Morgan fingerprint density at radius 3 is 2.65 bits per heavy atom. The molecule has 0 aliphatic carbocycles. The fraction of sp³-hybridized carbons (Fsp3) is 0.188. The first-order chi connectivity index (χ1) is 9.65. The normalized spacial score (nSPS) is 10.1. The lowest BCUT2D eigenvalue weighted by molar-refractivity contribution is 0.282. The van der Waals surface area contributed by atoms with E-state index in [2.05, 4.69) is 6.07 Å². The van der Waals surface area contributed by atoms with Gasteiger partial charge in [-0.25, -0.2) is 0 Å². The molecule has 0 aliphatic rings. The zero-order chi connectivity index (χ0) is 14.5. The molecule has 0 bridgehead atoms. The summed E-state index contributed by atoms with van der Waals surface area (Å²) in [6, 6.07) is 15.2. The van der Waals surface area contributed by atoms with E-state index >= 15 is 0 Å². The van der Waals surface area contributed by atoms with Crippen molar-refractivity contribution >= 4 is 17.3 Å². The number of rotatable bonds is 4. The summed E-state index contributed by atoms with van der Waals surface area (Å²) in [7, 11) is 1.91. The van der Waals surface area contributed by atoms with E-state index < -0.39 is 0 Å². The molecule has 0 fully saturated rings. The third-order valence-corrected chi connectivity index (χ3v) is 3.51. The van der Waals surface area contributed by atoms with Crippen molar-refractivity contribution in [3.05, 3.63) is 64.2 Å². The SMILES string of the molecule is CN(Cc1ccccc1Cl)c1ccc(CO)cc1C#N. The number of nitriles is 1. The summed E-state index contributed by atoms with van der Waals surface area (Å²) >= 11 is 6.15. The van der Waals surface area contributed by atoms with Crippen LogP contribution in [0.25, 0.3) is 0 Å². The highest BCUT2D eigenvalue weighted by atomic mass is 35.5. The maximum absolute atomic E-state index is 9.22. The maximum Gasteiger partial charge on any atom is 0.101 e. The van der Waals surface area contributed by atoms with E-state index in [0.29, 0.717) is 17.1 Å². The molecule has 2 aromatic rings. The van der Waals surface area contributed by atoms with Crippen LogP contribution in [0.1, 0.15) is 16.7 Å². The molecule has 102 valence electrons. The van der Waals surface area contributed by atoms with E-state index in [1.807, 2.05) is 48.3 Å². The molecule has 2 aromatic carbocycles. The Bertz CT molecular complexity index is 649. The zero-order valence-corrected chi connectivity index (χ0v) is 11.9. The van der Waals surface area contributed by atoms with Gasteiger partial charge in [0.1, 0.15) is 6.07 Å². The number of hydrogen-bond acceptors (Lipinski definition) is 3. The van der Waals surface area contributed by atoms with Crippen molar-refractivity contribution in [2.75, 3.05) is 11.9 Å². The van der Waals surface area contributed by atoms with Gasteiger partial charge >= 0.3 is 0 Å². The van der Waals surface area contributed by atoms with Gasteiger partial charge < -0.3 is 10.0 Å². The summed E-state index contributed by atoms with van der Waals surface area (Å²) in [6.07, 6.45) is 0. The molecule has 0 saturated heterocycles. The van der Waals surface area contributed by atoms with E-state index in [4.69, 9.17) is 16.7 Å². The summed E-state index contributed by atoms with van der Waals surface area (Å²) in [5.41, 5.74) is 3.11. The predicted octanol–water partition coefficient (Wildman–Crippen LogP) is 3.34. The van der Waals surface area contributed by atoms with Crippen LogP contribution in [0.15, 0.2) is 42.5 Å². The lowest BCUT2D eigenvalue weighted by Gasteiger charge is -2.21. The first kappa shape index (κ1) is 14.4. The van der Waals surface area contributed by atoms with E-state index in [1.54, 1.807) is 6.07 Å². The molecular formula is C16H15ClN2O. The van der Waals surface area contributed by atoms with Crippen molar-refractivity contribution in [2.45, 2.75) is 13.2 Å². The van der Waals surface area contributed by atoms with Gasteiger partial charge in [-0.1, -0.05) is 35.9 Å². The molecule has 0 saturated carbocycles. The van der Waals surface area contributed by atoms with Gasteiger partial charge in [0.15, 0.2) is 0 Å². The van der Waals surface area contributed by atoms with Crippen LogP contribution >= 0.6 is 11.6 Å². The number of benzene rings is 2. The van der Waals surface area contributed by atoms with E-state index in [-0.39, 0.29) is 6.61 Å². The Balaban J connectivity index is 2.28. The first-order valence-electron chi connectivity index (χ1n) is 6.24. The predicted molar refractivity (Wildman–Crippen MR) is 80.6 cm³/mol. The van der Waals surface area contributed by atoms with E-state index in [0.717, 1.165) is 16.8 Å². The van der Waals surface area contributed by atoms with Crippen LogP contribution < -0.4 is 4.90 Å². The van der Waals surface area contributed by atoms with E-state index in [1.165, 1.54) is 0 Å². The van der Waals surface area contributed by atoms with Crippen molar-refractivity contribution in [2.24, 2.45) is 0 Å². The lowest BCUT2D eigenvalue weighted by Crippen LogP contribution is -2.18. The average Bonchev–Trinajstić information content (AvgIpc) is 2.48. The van der Waals surface area contributed by atoms with E-state index in [9.17, 15) is 5.26 Å². The Morgan fingerprint density at radius 2 is 2.00 bits per heavy atom. The largest absolute Gasteiger partial charge is 0.392 e. The second-order valence-corrected chi connectivity index (χ2v) is 4.98. The molecule has 2 rings (SSSR count). The molecular weight excluding hydrogens is 272 g/mol. The van der Waals surface area contributed by atoms with Crippen molar-refractivity contribution < 1.29 is 5.11 Å². The molecule has 1 N–H and O–H groups in total. The minimum absolute atomic E-state index is 0.0663. The molecule has 20 heavy (non-hydrogen) atoms. The first-order valence-corrected chi connectivity index (χ1v) is 6.62. The van der Waals surface area contributed by atoms with Gasteiger partial charge in [0, 0.05) is 18.6 Å². The monoisotopic (exact) mass is 286 g/mol. The van der Waals surface area contributed by atoms with Gasteiger partial charge in [0.05, 0.1) is 17.9 Å². The molecule has 0 aliphatic heterocycles. The quantitative estimate of drug-likeness (QED) is 0.938. The number of anilines is 1. The third-order valence-electron chi connectivity index (χ3n) is 3.14. The Labute approximate surface area is 123 Å². The lowest BCUT2D eigenvalue weighted by atomic mass is 10.1. The van der Waals surface area contributed by atoms with Crippen LogP contribution in [0.3, 0.4) is 0 Å². The zero-order valence-electron chi connectivity index (χ0n) is 11.2. The van der Waals surface area contributed by atoms with Gasteiger partial charge in [-0.3, -0.25) is 0 Å². The topological polar surface area (TPSA) is 47.3 Å². The van der Waals surface area contributed by atoms with Crippen molar-refractivity contribution in [1.29, 1.82) is 5.26 Å². The van der Waals surface area contributed by atoms with Crippen LogP contribution in [0, 0.1) is 11.3 Å². The van der Waals surface area contributed by atoms with Gasteiger partial charge in [0.25, 0.3) is 0 Å². The molecule has 3 nitrogen and oxygen atoms in total. The van der Waals surface area contributed by atoms with Gasteiger partial charge in [-0.05, 0) is 29.3 Å². The number of aliphatic hydroxyl groups is 1. The Hall–Kier alpha value is -2.02. The fourth-order valence-electron chi connectivity index (χ4n) is 2.07. The van der Waals surface area contributed by atoms with Crippen LogP contribution in [0.4, 0.5) is 5.69 Å². The molecule has 0 spiro atoms. The number of hydrogen-bond donors (Lipinski definition) is 1. The van der Waals surface area contributed by atoms with Crippen LogP contribution in [0.5, 0.6) is 0 Å². The highest BCUT2D eigenvalue weighted by Crippen LogP contribution is 2.24. The second kappa shape index (κ2) is 6.42. The number of nitrogens with zero attached hydrogens (tertiary/aromatic N) is 2. The summed E-state index contributed by atoms with van der Waals surface area (Å²) in [6.45, 7) is 0.552. The highest BCUT2D eigenvalue weighted by Gasteiger charge is 2.10. The second-order valence-electron chi connectivity index (χ2n) is 4.57. The summed E-state index contributed by atoms with van der Waals surface area (Å²) in [5.74, 6) is 0. The van der Waals surface area contributed by atoms with Crippen molar-refractivity contribution in [3.63, 3.8) is 0 Å². The standard InChI is InChI=1S/C16H15ClN2O/c1-19(10-13-4-2-3-5-15(13)17)16-7-6-12(11-20)8-14(16)9-18/h2-8,20H,10-11H2,1H3.